The highest BCUT2D eigenvalue weighted by Crippen LogP contribution is 2.32. The highest BCUT2D eigenvalue weighted by Gasteiger charge is 2.12. The number of rotatable bonds is 8. The first kappa shape index (κ1) is 21.1. The topological polar surface area (TPSA) is 73.1 Å². The molecule has 0 atom stereocenters. The number of anilines is 2. The maximum absolute atomic E-state index is 6.23. The third-order valence-corrected chi connectivity index (χ3v) is 5.04. The zero-order chi connectivity index (χ0) is 22.2. The summed E-state index contributed by atoms with van der Waals surface area (Å²) in [7, 11) is 0. The summed E-state index contributed by atoms with van der Waals surface area (Å²) in [6.45, 7) is 2.68. The van der Waals surface area contributed by atoms with Crippen LogP contribution < -0.4 is 15.8 Å². The molecule has 1 heterocycles. The van der Waals surface area contributed by atoms with Gasteiger partial charge >= 0.3 is 0 Å². The van der Waals surface area contributed by atoms with Crippen molar-refractivity contribution in [2.75, 3.05) is 11.1 Å². The molecule has 0 spiro atoms. The Kier molecular flexibility index (Phi) is 6.78. The van der Waals surface area contributed by atoms with Gasteiger partial charge in [0.25, 0.3) is 0 Å². The van der Waals surface area contributed by atoms with Gasteiger partial charge in [-0.05, 0) is 54.3 Å². The quantitative estimate of drug-likeness (QED) is 0.328. The van der Waals surface area contributed by atoms with Crippen LogP contribution in [-0.4, -0.2) is 9.97 Å². The molecule has 4 aromatic rings. The molecule has 0 saturated carbocycles. The number of hydrogen-bond acceptors (Lipinski definition) is 5. The van der Waals surface area contributed by atoms with E-state index in [0.29, 0.717) is 18.2 Å². The number of nitrogen functional groups attached to an aromatic ring is 1. The standard InChI is InChI=1S/C27H26N4O/c1-2-3-8-20-9-7-10-21(17-20)18-29-27-25(26(28)30-19-31-27)22-13-15-24(16-14-22)32-23-11-5-4-6-12-23/h2-7,9-17,19H,8,18H2,1H3,(H3,28,29,30,31). The largest absolute Gasteiger partial charge is 0.457 e. The summed E-state index contributed by atoms with van der Waals surface area (Å²) in [5.41, 5.74) is 10.4. The summed E-state index contributed by atoms with van der Waals surface area (Å²) in [5.74, 6) is 2.68. The monoisotopic (exact) mass is 422 g/mol. The average molecular weight is 423 g/mol. The van der Waals surface area contributed by atoms with Crippen molar-refractivity contribution in [2.45, 2.75) is 19.9 Å². The van der Waals surface area contributed by atoms with Crippen LogP contribution in [0.15, 0.2) is 97.3 Å². The Bertz CT molecular complexity index is 1190. The minimum Gasteiger partial charge on any atom is -0.457 e. The fourth-order valence-electron chi connectivity index (χ4n) is 3.44. The molecular weight excluding hydrogens is 396 g/mol. The highest BCUT2D eigenvalue weighted by molar-refractivity contribution is 5.83. The lowest BCUT2D eigenvalue weighted by Crippen LogP contribution is -2.06. The summed E-state index contributed by atoms with van der Waals surface area (Å²) in [4.78, 5) is 8.65. The number of allylic oxidation sites excluding steroid dienone is 2. The van der Waals surface area contributed by atoms with E-state index < -0.39 is 0 Å². The van der Waals surface area contributed by atoms with Gasteiger partial charge < -0.3 is 15.8 Å². The van der Waals surface area contributed by atoms with Crippen molar-refractivity contribution in [3.8, 4) is 22.6 Å². The third-order valence-electron chi connectivity index (χ3n) is 5.04. The van der Waals surface area contributed by atoms with Gasteiger partial charge in [0, 0.05) is 6.54 Å². The molecule has 4 rings (SSSR count). The molecule has 0 amide bonds. The van der Waals surface area contributed by atoms with Crippen LogP contribution >= 0.6 is 0 Å². The maximum atomic E-state index is 6.23. The second-order valence-electron chi connectivity index (χ2n) is 7.37. The fourth-order valence-corrected chi connectivity index (χ4v) is 3.44. The van der Waals surface area contributed by atoms with E-state index in [9.17, 15) is 0 Å². The summed E-state index contributed by atoms with van der Waals surface area (Å²) in [6, 6.07) is 26.0. The smallest absolute Gasteiger partial charge is 0.139 e. The molecule has 1 aromatic heterocycles. The van der Waals surface area contributed by atoms with Gasteiger partial charge in [0.1, 0.15) is 29.5 Å². The van der Waals surface area contributed by atoms with Crippen molar-refractivity contribution in [3.63, 3.8) is 0 Å². The second-order valence-corrected chi connectivity index (χ2v) is 7.37. The first-order valence-corrected chi connectivity index (χ1v) is 10.6. The molecule has 3 N–H and O–H groups in total. The molecule has 0 aliphatic rings. The maximum Gasteiger partial charge on any atom is 0.139 e. The lowest BCUT2D eigenvalue weighted by atomic mass is 10.1. The van der Waals surface area contributed by atoms with E-state index in [1.165, 1.54) is 17.5 Å². The molecule has 0 radical (unpaired) electrons. The van der Waals surface area contributed by atoms with Crippen molar-refractivity contribution in [1.82, 2.24) is 9.97 Å². The Balaban J connectivity index is 1.52. The Hall–Kier alpha value is -4.12. The molecule has 0 aliphatic heterocycles. The first-order chi connectivity index (χ1) is 15.7. The van der Waals surface area contributed by atoms with Crippen LogP contribution in [0.25, 0.3) is 11.1 Å². The molecular formula is C27H26N4O. The van der Waals surface area contributed by atoms with E-state index in [2.05, 4.69) is 51.7 Å². The average Bonchev–Trinajstić information content (AvgIpc) is 2.83. The number of ether oxygens (including phenoxy) is 1. The fraction of sp³-hybridized carbons (Fsp3) is 0.111. The highest BCUT2D eigenvalue weighted by atomic mass is 16.5. The minimum absolute atomic E-state index is 0.432. The van der Waals surface area contributed by atoms with Gasteiger partial charge in [-0.25, -0.2) is 9.97 Å². The van der Waals surface area contributed by atoms with Crippen molar-refractivity contribution in [1.29, 1.82) is 0 Å². The number of nitrogens with zero attached hydrogens (tertiary/aromatic N) is 2. The van der Waals surface area contributed by atoms with Gasteiger partial charge in [-0.2, -0.15) is 0 Å². The summed E-state index contributed by atoms with van der Waals surface area (Å²) in [5, 5.41) is 3.43. The second kappa shape index (κ2) is 10.3. The van der Waals surface area contributed by atoms with Crippen molar-refractivity contribution < 1.29 is 4.74 Å². The van der Waals surface area contributed by atoms with Crippen LogP contribution in [0.3, 0.4) is 0 Å². The van der Waals surface area contributed by atoms with Crippen LogP contribution in [0.5, 0.6) is 11.5 Å². The molecule has 0 unspecified atom stereocenters. The molecule has 5 heteroatoms. The predicted octanol–water partition coefficient (Wildman–Crippen LogP) is 6.25. The van der Waals surface area contributed by atoms with Crippen LogP contribution in [0.1, 0.15) is 18.1 Å². The number of benzene rings is 3. The van der Waals surface area contributed by atoms with E-state index in [1.54, 1.807) is 0 Å². The van der Waals surface area contributed by atoms with Crippen molar-refractivity contribution in [3.05, 3.63) is 108 Å². The Labute approximate surface area is 188 Å². The first-order valence-electron chi connectivity index (χ1n) is 10.6. The molecule has 0 saturated heterocycles. The zero-order valence-corrected chi connectivity index (χ0v) is 18.0. The molecule has 0 aliphatic carbocycles. The Morgan fingerprint density at radius 3 is 2.41 bits per heavy atom. The van der Waals surface area contributed by atoms with Gasteiger partial charge in [0.15, 0.2) is 0 Å². The van der Waals surface area contributed by atoms with Crippen molar-refractivity contribution in [2.24, 2.45) is 0 Å². The Morgan fingerprint density at radius 2 is 1.62 bits per heavy atom. The molecule has 0 bridgehead atoms. The van der Waals surface area contributed by atoms with E-state index in [-0.39, 0.29) is 0 Å². The van der Waals surface area contributed by atoms with Crippen LogP contribution in [0.2, 0.25) is 0 Å². The van der Waals surface area contributed by atoms with Gasteiger partial charge in [-0.3, -0.25) is 0 Å². The van der Waals surface area contributed by atoms with Crippen LogP contribution in [-0.2, 0) is 13.0 Å². The third kappa shape index (κ3) is 5.32. The van der Waals surface area contributed by atoms with Crippen LogP contribution in [0.4, 0.5) is 11.6 Å². The molecule has 32 heavy (non-hydrogen) atoms. The summed E-state index contributed by atoms with van der Waals surface area (Å²) in [6.07, 6.45) is 6.63. The van der Waals surface area contributed by atoms with Gasteiger partial charge in [-0.15, -0.1) is 0 Å². The molecule has 0 fully saturated rings. The van der Waals surface area contributed by atoms with Crippen LogP contribution in [0, 0.1) is 0 Å². The van der Waals surface area contributed by atoms with E-state index in [1.807, 2.05) is 61.5 Å². The predicted molar refractivity (Wildman–Crippen MR) is 131 cm³/mol. The minimum atomic E-state index is 0.432. The SMILES string of the molecule is CC=CCc1cccc(CNc2ncnc(N)c2-c2ccc(Oc3ccccc3)cc2)c1. The normalized spacial score (nSPS) is 10.9. The molecule has 160 valence electrons. The van der Waals surface area contributed by atoms with Gasteiger partial charge in [0.05, 0.1) is 5.56 Å². The summed E-state index contributed by atoms with van der Waals surface area (Å²) < 4.78 is 5.89. The molecule has 3 aromatic carbocycles. The lowest BCUT2D eigenvalue weighted by Gasteiger charge is -2.14. The molecule has 5 nitrogen and oxygen atoms in total. The number of hydrogen-bond donors (Lipinski definition) is 2. The lowest BCUT2D eigenvalue weighted by molar-refractivity contribution is 0.483. The van der Waals surface area contributed by atoms with E-state index in [4.69, 9.17) is 10.5 Å². The number of aromatic nitrogens is 2. The van der Waals surface area contributed by atoms with E-state index >= 15 is 0 Å². The number of nitrogens with one attached hydrogen (secondary N) is 1. The van der Waals surface area contributed by atoms with E-state index in [0.717, 1.165) is 29.0 Å². The zero-order valence-electron chi connectivity index (χ0n) is 18.0. The number of nitrogens with two attached hydrogens (primary N) is 1. The number of para-hydroxylation sites is 1. The van der Waals surface area contributed by atoms with Crippen molar-refractivity contribution >= 4 is 11.6 Å². The Morgan fingerprint density at radius 1 is 0.875 bits per heavy atom. The van der Waals surface area contributed by atoms with Gasteiger partial charge in [0.2, 0.25) is 0 Å². The summed E-state index contributed by atoms with van der Waals surface area (Å²) >= 11 is 0. The van der Waals surface area contributed by atoms with Gasteiger partial charge in [-0.1, -0.05) is 66.7 Å².